The maximum absolute atomic E-state index is 5.98. The van der Waals surface area contributed by atoms with E-state index in [4.69, 9.17) is 10.5 Å². The van der Waals surface area contributed by atoms with Gasteiger partial charge in [-0.3, -0.25) is 0 Å². The Morgan fingerprint density at radius 2 is 2.29 bits per heavy atom. The lowest BCUT2D eigenvalue weighted by Gasteiger charge is -2.18. The molecule has 0 heterocycles. The minimum atomic E-state index is 0.215. The van der Waals surface area contributed by atoms with Gasteiger partial charge in [0.05, 0.1) is 7.11 Å². The van der Waals surface area contributed by atoms with Crippen LogP contribution in [0.1, 0.15) is 30.4 Å². The van der Waals surface area contributed by atoms with Crippen LogP contribution < -0.4 is 10.5 Å². The zero-order chi connectivity index (χ0) is 10.1. The van der Waals surface area contributed by atoms with Crippen LogP contribution in [0.3, 0.4) is 0 Å². The fraction of sp³-hybridized carbons (Fsp3) is 0.500. The lowest BCUT2D eigenvalue weighted by Crippen LogP contribution is -2.23. The summed E-state index contributed by atoms with van der Waals surface area (Å²) < 4.78 is 5.38. The third-order valence-electron chi connectivity index (χ3n) is 3.11. The number of methoxy groups -OCH3 is 1. The molecule has 0 bridgehead atoms. The van der Waals surface area contributed by atoms with Crippen molar-refractivity contribution in [1.29, 1.82) is 0 Å². The maximum Gasteiger partial charge on any atom is 0.122 e. The largest absolute Gasteiger partial charge is 0.496 e. The summed E-state index contributed by atoms with van der Waals surface area (Å²) >= 11 is 0. The smallest absolute Gasteiger partial charge is 0.122 e. The van der Waals surface area contributed by atoms with E-state index in [-0.39, 0.29) is 6.04 Å². The van der Waals surface area contributed by atoms with Crippen molar-refractivity contribution in [3.63, 3.8) is 0 Å². The Kier molecular flexibility index (Phi) is 2.46. The molecular formula is C12H17NO. The van der Waals surface area contributed by atoms with E-state index in [1.54, 1.807) is 7.11 Å². The highest BCUT2D eigenvalue weighted by Gasteiger charge is 2.28. The molecule has 0 radical (unpaired) electrons. The van der Waals surface area contributed by atoms with Crippen molar-refractivity contribution in [3.05, 3.63) is 29.3 Å². The van der Waals surface area contributed by atoms with E-state index in [0.29, 0.717) is 5.92 Å². The molecule has 76 valence electrons. The Hall–Kier alpha value is -1.02. The van der Waals surface area contributed by atoms with Gasteiger partial charge >= 0.3 is 0 Å². The van der Waals surface area contributed by atoms with Gasteiger partial charge in [-0.15, -0.1) is 0 Å². The Balaban J connectivity index is 2.45. The summed E-state index contributed by atoms with van der Waals surface area (Å²) in [6.07, 6.45) is 2.30. The molecule has 0 saturated heterocycles. The van der Waals surface area contributed by atoms with Crippen molar-refractivity contribution >= 4 is 0 Å². The molecular weight excluding hydrogens is 174 g/mol. The number of hydrogen-bond acceptors (Lipinski definition) is 2. The fourth-order valence-corrected chi connectivity index (χ4v) is 2.39. The van der Waals surface area contributed by atoms with E-state index < -0.39 is 0 Å². The van der Waals surface area contributed by atoms with Gasteiger partial charge in [-0.1, -0.05) is 12.1 Å². The van der Waals surface area contributed by atoms with Crippen LogP contribution in [0.25, 0.3) is 0 Å². The molecule has 2 nitrogen and oxygen atoms in total. The first-order valence-electron chi connectivity index (χ1n) is 5.15. The molecule has 2 unspecified atom stereocenters. The van der Waals surface area contributed by atoms with Crippen molar-refractivity contribution in [1.82, 2.24) is 0 Å². The SMILES string of the molecule is COc1cccc2c1C(C(C)N)CC2. The molecule has 2 atom stereocenters. The third-order valence-corrected chi connectivity index (χ3v) is 3.11. The summed E-state index contributed by atoms with van der Waals surface area (Å²) in [4.78, 5) is 0. The molecule has 1 aromatic carbocycles. The van der Waals surface area contributed by atoms with Gasteiger partial charge in [0, 0.05) is 17.5 Å². The number of fused-ring (bicyclic) bond motifs is 1. The van der Waals surface area contributed by atoms with Gasteiger partial charge in [0.15, 0.2) is 0 Å². The zero-order valence-corrected chi connectivity index (χ0v) is 8.79. The van der Waals surface area contributed by atoms with E-state index in [1.807, 2.05) is 6.07 Å². The zero-order valence-electron chi connectivity index (χ0n) is 8.79. The molecule has 0 aromatic heterocycles. The van der Waals surface area contributed by atoms with Gasteiger partial charge in [-0.05, 0) is 31.4 Å². The van der Waals surface area contributed by atoms with Crippen LogP contribution in [0, 0.1) is 0 Å². The summed E-state index contributed by atoms with van der Waals surface area (Å²) in [5, 5.41) is 0. The molecule has 1 aliphatic carbocycles. The molecule has 1 aliphatic rings. The Morgan fingerprint density at radius 1 is 1.50 bits per heavy atom. The van der Waals surface area contributed by atoms with Crippen LogP contribution in [0.15, 0.2) is 18.2 Å². The molecule has 2 rings (SSSR count). The van der Waals surface area contributed by atoms with Gasteiger partial charge in [-0.2, -0.15) is 0 Å². The van der Waals surface area contributed by atoms with Gasteiger partial charge in [-0.25, -0.2) is 0 Å². The lowest BCUT2D eigenvalue weighted by molar-refractivity contribution is 0.403. The average Bonchev–Trinajstić information content (AvgIpc) is 2.60. The summed E-state index contributed by atoms with van der Waals surface area (Å²) in [5.74, 6) is 1.48. The minimum absolute atomic E-state index is 0.215. The van der Waals surface area contributed by atoms with E-state index in [1.165, 1.54) is 11.1 Å². The van der Waals surface area contributed by atoms with E-state index in [9.17, 15) is 0 Å². The Morgan fingerprint density at radius 3 is 2.93 bits per heavy atom. The minimum Gasteiger partial charge on any atom is -0.496 e. The van der Waals surface area contributed by atoms with Crippen molar-refractivity contribution < 1.29 is 4.74 Å². The van der Waals surface area contributed by atoms with Crippen LogP contribution >= 0.6 is 0 Å². The topological polar surface area (TPSA) is 35.2 Å². The molecule has 1 aromatic rings. The molecule has 14 heavy (non-hydrogen) atoms. The standard InChI is InChI=1S/C12H17NO/c1-8(13)10-7-6-9-4-3-5-11(14-2)12(9)10/h3-5,8,10H,6-7,13H2,1-2H3. The highest BCUT2D eigenvalue weighted by atomic mass is 16.5. The van der Waals surface area contributed by atoms with Crippen LogP contribution in [0.2, 0.25) is 0 Å². The van der Waals surface area contributed by atoms with Crippen molar-refractivity contribution in [3.8, 4) is 5.75 Å². The maximum atomic E-state index is 5.98. The second-order valence-electron chi connectivity index (χ2n) is 4.04. The van der Waals surface area contributed by atoms with Crippen molar-refractivity contribution in [2.75, 3.05) is 7.11 Å². The molecule has 2 N–H and O–H groups in total. The van der Waals surface area contributed by atoms with Gasteiger partial charge < -0.3 is 10.5 Å². The first-order chi connectivity index (χ1) is 6.74. The average molecular weight is 191 g/mol. The van der Waals surface area contributed by atoms with Gasteiger partial charge in [0.1, 0.15) is 5.75 Å². The predicted octanol–water partition coefficient (Wildman–Crippen LogP) is 2.07. The molecule has 0 amide bonds. The van der Waals surface area contributed by atoms with Crippen LogP contribution in [0.4, 0.5) is 0 Å². The second-order valence-corrected chi connectivity index (χ2v) is 4.04. The summed E-state index contributed by atoms with van der Waals surface area (Å²) in [5.41, 5.74) is 8.73. The second kappa shape index (κ2) is 3.62. The summed E-state index contributed by atoms with van der Waals surface area (Å²) in [6.45, 7) is 2.08. The number of ether oxygens (including phenoxy) is 1. The summed E-state index contributed by atoms with van der Waals surface area (Å²) in [7, 11) is 1.73. The Bertz CT molecular complexity index is 333. The lowest BCUT2D eigenvalue weighted by atomic mass is 9.94. The van der Waals surface area contributed by atoms with Gasteiger partial charge in [0.25, 0.3) is 0 Å². The Labute approximate surface area is 85.1 Å². The predicted molar refractivity (Wildman–Crippen MR) is 57.7 cm³/mol. The quantitative estimate of drug-likeness (QED) is 0.776. The highest BCUT2D eigenvalue weighted by Crippen LogP contribution is 2.40. The van der Waals surface area contributed by atoms with Crippen LogP contribution in [0.5, 0.6) is 5.75 Å². The number of benzene rings is 1. The highest BCUT2D eigenvalue weighted by molar-refractivity contribution is 5.46. The summed E-state index contributed by atoms with van der Waals surface area (Å²) in [6, 6.07) is 6.48. The van der Waals surface area contributed by atoms with E-state index >= 15 is 0 Å². The molecule has 0 aliphatic heterocycles. The fourth-order valence-electron chi connectivity index (χ4n) is 2.39. The number of nitrogens with two attached hydrogens (primary N) is 1. The van der Waals surface area contributed by atoms with Crippen LogP contribution in [-0.4, -0.2) is 13.2 Å². The normalized spacial score (nSPS) is 21.8. The monoisotopic (exact) mass is 191 g/mol. The van der Waals surface area contributed by atoms with Crippen molar-refractivity contribution in [2.45, 2.75) is 31.7 Å². The number of aryl methyl sites for hydroxylation is 1. The molecule has 0 spiro atoms. The molecule has 0 saturated carbocycles. The van der Waals surface area contributed by atoms with E-state index in [0.717, 1.165) is 18.6 Å². The number of hydrogen-bond donors (Lipinski definition) is 1. The van der Waals surface area contributed by atoms with E-state index in [2.05, 4.69) is 19.1 Å². The molecule has 0 fully saturated rings. The first kappa shape index (κ1) is 9.53. The van der Waals surface area contributed by atoms with Crippen LogP contribution in [-0.2, 0) is 6.42 Å². The third kappa shape index (κ3) is 1.40. The van der Waals surface area contributed by atoms with Gasteiger partial charge in [0.2, 0.25) is 0 Å². The first-order valence-corrected chi connectivity index (χ1v) is 5.15. The van der Waals surface area contributed by atoms with Crippen molar-refractivity contribution in [2.24, 2.45) is 5.73 Å². The number of rotatable bonds is 2. The molecule has 2 heteroatoms.